The molecule has 1 aromatic rings. The molecule has 0 saturated heterocycles. The summed E-state index contributed by atoms with van der Waals surface area (Å²) in [6.45, 7) is 0.630. The molecule has 5 nitrogen and oxygen atoms in total. The predicted molar refractivity (Wildman–Crippen MR) is 63.5 cm³/mol. The van der Waals surface area contributed by atoms with E-state index in [9.17, 15) is 4.79 Å². The van der Waals surface area contributed by atoms with E-state index in [2.05, 4.69) is 15.3 Å². The summed E-state index contributed by atoms with van der Waals surface area (Å²) in [7, 11) is 0. The van der Waals surface area contributed by atoms with Crippen molar-refractivity contribution in [3.05, 3.63) is 42.5 Å². The predicted octanol–water partition coefficient (Wildman–Crippen LogP) is 0.737. The first-order chi connectivity index (χ1) is 8.25. The SMILES string of the molecule is O=C(O)[C@H](Cc1ncc[nH]1)NCC1C=CC=C1. The second-order valence-electron chi connectivity index (χ2n) is 3.97. The molecule has 1 atom stereocenters. The van der Waals surface area contributed by atoms with E-state index in [1.54, 1.807) is 12.4 Å². The molecule has 3 N–H and O–H groups in total. The normalized spacial score (nSPS) is 16.5. The molecule has 0 saturated carbocycles. The van der Waals surface area contributed by atoms with Crippen molar-refractivity contribution in [1.29, 1.82) is 0 Å². The highest BCUT2D eigenvalue weighted by Crippen LogP contribution is 2.07. The monoisotopic (exact) mass is 233 g/mol. The van der Waals surface area contributed by atoms with E-state index in [-0.39, 0.29) is 5.92 Å². The van der Waals surface area contributed by atoms with Crippen LogP contribution >= 0.6 is 0 Å². The van der Waals surface area contributed by atoms with Crippen molar-refractivity contribution in [3.63, 3.8) is 0 Å². The lowest BCUT2D eigenvalue weighted by Gasteiger charge is -2.15. The highest BCUT2D eigenvalue weighted by atomic mass is 16.4. The van der Waals surface area contributed by atoms with Crippen LogP contribution in [0.25, 0.3) is 0 Å². The number of aromatic amines is 1. The first-order valence-electron chi connectivity index (χ1n) is 5.55. The van der Waals surface area contributed by atoms with Gasteiger partial charge in [0.15, 0.2) is 0 Å². The van der Waals surface area contributed by atoms with Gasteiger partial charge >= 0.3 is 5.97 Å². The number of imidazole rings is 1. The summed E-state index contributed by atoms with van der Waals surface area (Å²) in [5, 5.41) is 12.1. The van der Waals surface area contributed by atoms with Crippen LogP contribution in [0.3, 0.4) is 0 Å². The first-order valence-corrected chi connectivity index (χ1v) is 5.55. The lowest BCUT2D eigenvalue weighted by atomic mass is 10.1. The van der Waals surface area contributed by atoms with E-state index in [1.807, 2.05) is 24.3 Å². The molecule has 0 unspecified atom stereocenters. The third-order valence-corrected chi connectivity index (χ3v) is 2.68. The standard InChI is InChI=1S/C12H15N3O2/c16-12(17)10(7-11-13-5-6-14-11)15-8-9-3-1-2-4-9/h1-6,9-10,15H,7-8H2,(H,13,14)(H,16,17)/t10-/m0/s1. The number of nitrogens with zero attached hydrogens (tertiary/aromatic N) is 1. The second-order valence-corrected chi connectivity index (χ2v) is 3.97. The van der Waals surface area contributed by atoms with Crippen LogP contribution in [0.2, 0.25) is 0 Å². The quantitative estimate of drug-likeness (QED) is 0.677. The van der Waals surface area contributed by atoms with E-state index in [4.69, 9.17) is 5.11 Å². The van der Waals surface area contributed by atoms with Gasteiger partial charge in [0.1, 0.15) is 11.9 Å². The van der Waals surface area contributed by atoms with Gasteiger partial charge in [-0.25, -0.2) is 4.98 Å². The molecule has 0 aromatic carbocycles. The Labute approximate surface area is 99.3 Å². The van der Waals surface area contributed by atoms with Gasteiger partial charge in [-0.3, -0.25) is 4.79 Å². The number of aromatic nitrogens is 2. The maximum absolute atomic E-state index is 11.1. The number of rotatable bonds is 6. The number of allylic oxidation sites excluding steroid dienone is 2. The molecule has 1 aliphatic carbocycles. The Balaban J connectivity index is 1.86. The van der Waals surface area contributed by atoms with E-state index in [1.165, 1.54) is 0 Å². The minimum absolute atomic E-state index is 0.286. The van der Waals surface area contributed by atoms with Crippen LogP contribution in [-0.2, 0) is 11.2 Å². The molecule has 0 aliphatic heterocycles. The number of carboxylic acid groups (broad SMARTS) is 1. The summed E-state index contributed by atoms with van der Waals surface area (Å²) in [5.41, 5.74) is 0. The minimum atomic E-state index is -0.854. The number of carboxylic acids is 1. The maximum atomic E-state index is 11.1. The van der Waals surface area contributed by atoms with Gasteiger partial charge in [0.25, 0.3) is 0 Å². The van der Waals surface area contributed by atoms with Crippen molar-refractivity contribution >= 4 is 5.97 Å². The molecule has 0 amide bonds. The topological polar surface area (TPSA) is 78.0 Å². The summed E-state index contributed by atoms with van der Waals surface area (Å²) in [4.78, 5) is 18.0. The highest BCUT2D eigenvalue weighted by Gasteiger charge is 2.19. The maximum Gasteiger partial charge on any atom is 0.321 e. The molecule has 1 aromatic heterocycles. The van der Waals surface area contributed by atoms with Crippen LogP contribution in [0.5, 0.6) is 0 Å². The van der Waals surface area contributed by atoms with Gasteiger partial charge in [0, 0.05) is 31.3 Å². The van der Waals surface area contributed by atoms with Gasteiger partial charge in [-0.05, 0) is 0 Å². The first kappa shape index (κ1) is 11.6. The Morgan fingerprint density at radius 2 is 2.29 bits per heavy atom. The zero-order valence-electron chi connectivity index (χ0n) is 9.34. The number of hydrogen-bond acceptors (Lipinski definition) is 3. The Hall–Kier alpha value is -1.88. The Bertz CT molecular complexity index is 411. The summed E-state index contributed by atoms with van der Waals surface area (Å²) < 4.78 is 0. The minimum Gasteiger partial charge on any atom is -0.480 e. The van der Waals surface area contributed by atoms with Crippen molar-refractivity contribution in [3.8, 4) is 0 Å². The smallest absolute Gasteiger partial charge is 0.321 e. The van der Waals surface area contributed by atoms with Crippen molar-refractivity contribution in [1.82, 2.24) is 15.3 Å². The molecule has 0 radical (unpaired) electrons. The van der Waals surface area contributed by atoms with Gasteiger partial charge in [0.05, 0.1) is 0 Å². The van der Waals surface area contributed by atoms with Gasteiger partial charge in [-0.15, -0.1) is 0 Å². The second kappa shape index (κ2) is 5.45. The number of aliphatic carboxylic acids is 1. The van der Waals surface area contributed by atoms with E-state index >= 15 is 0 Å². The van der Waals surface area contributed by atoms with Gasteiger partial charge < -0.3 is 15.4 Å². The summed E-state index contributed by atoms with van der Waals surface area (Å²) in [6.07, 6.45) is 11.7. The van der Waals surface area contributed by atoms with Crippen molar-refractivity contribution in [2.24, 2.45) is 5.92 Å². The summed E-state index contributed by atoms with van der Waals surface area (Å²) >= 11 is 0. The molecule has 0 spiro atoms. The molecular formula is C12H15N3O2. The number of carbonyl (C=O) groups is 1. The number of H-pyrrole nitrogens is 1. The largest absolute Gasteiger partial charge is 0.480 e. The van der Waals surface area contributed by atoms with Crippen LogP contribution in [-0.4, -0.2) is 33.6 Å². The average molecular weight is 233 g/mol. The molecule has 5 heteroatoms. The third-order valence-electron chi connectivity index (χ3n) is 2.68. The van der Waals surface area contributed by atoms with Crippen LogP contribution in [0.4, 0.5) is 0 Å². The molecule has 90 valence electrons. The molecule has 0 bridgehead atoms. The molecular weight excluding hydrogens is 218 g/mol. The van der Waals surface area contributed by atoms with Crippen LogP contribution in [0.15, 0.2) is 36.7 Å². The lowest BCUT2D eigenvalue weighted by molar-refractivity contribution is -0.139. The highest BCUT2D eigenvalue weighted by molar-refractivity contribution is 5.73. The Kier molecular flexibility index (Phi) is 3.72. The van der Waals surface area contributed by atoms with Crippen LogP contribution in [0.1, 0.15) is 5.82 Å². The summed E-state index contributed by atoms with van der Waals surface area (Å²) in [6, 6.07) is -0.608. The van der Waals surface area contributed by atoms with Crippen molar-refractivity contribution < 1.29 is 9.90 Å². The van der Waals surface area contributed by atoms with Crippen LogP contribution in [0, 0.1) is 5.92 Å². The van der Waals surface area contributed by atoms with Gasteiger partial charge in [0.2, 0.25) is 0 Å². The van der Waals surface area contributed by atoms with Gasteiger partial charge in [-0.2, -0.15) is 0 Å². The van der Waals surface area contributed by atoms with E-state index in [0.29, 0.717) is 18.8 Å². The third kappa shape index (κ3) is 3.29. The number of nitrogens with one attached hydrogen (secondary N) is 2. The van der Waals surface area contributed by atoms with E-state index in [0.717, 1.165) is 0 Å². The molecule has 1 heterocycles. The van der Waals surface area contributed by atoms with E-state index < -0.39 is 12.0 Å². The molecule has 2 rings (SSSR count). The Morgan fingerprint density at radius 3 is 2.88 bits per heavy atom. The average Bonchev–Trinajstić information content (AvgIpc) is 2.97. The zero-order chi connectivity index (χ0) is 12.1. The van der Waals surface area contributed by atoms with Crippen molar-refractivity contribution in [2.75, 3.05) is 6.54 Å². The molecule has 17 heavy (non-hydrogen) atoms. The lowest BCUT2D eigenvalue weighted by Crippen LogP contribution is -2.40. The fraction of sp³-hybridized carbons (Fsp3) is 0.333. The fourth-order valence-electron chi connectivity index (χ4n) is 1.74. The molecule has 1 aliphatic rings. The zero-order valence-corrected chi connectivity index (χ0v) is 9.34. The fourth-order valence-corrected chi connectivity index (χ4v) is 1.74. The Morgan fingerprint density at radius 1 is 1.53 bits per heavy atom. The summed E-state index contributed by atoms with van der Waals surface area (Å²) in [5.74, 6) is 0.114. The van der Waals surface area contributed by atoms with Gasteiger partial charge in [-0.1, -0.05) is 24.3 Å². The van der Waals surface area contributed by atoms with Crippen molar-refractivity contribution in [2.45, 2.75) is 12.5 Å². The molecule has 0 fully saturated rings. The number of hydrogen-bond donors (Lipinski definition) is 3. The van der Waals surface area contributed by atoms with Crippen LogP contribution < -0.4 is 5.32 Å².